The molecule has 0 bridgehead atoms. The number of rotatable bonds is 4. The maximum Gasteiger partial charge on any atom is 0.411 e. The van der Waals surface area contributed by atoms with Crippen LogP contribution in [0.15, 0.2) is 61.1 Å². The summed E-state index contributed by atoms with van der Waals surface area (Å²) in [5, 5.41) is 3.17. The van der Waals surface area contributed by atoms with Crippen LogP contribution in [0.5, 0.6) is 0 Å². The van der Waals surface area contributed by atoms with Crippen molar-refractivity contribution >= 4 is 17.6 Å². The summed E-state index contributed by atoms with van der Waals surface area (Å²) in [5.74, 6) is -0.0760. The normalized spacial score (nSPS) is 25.0. The third kappa shape index (κ3) is 3.72. The Morgan fingerprint density at radius 1 is 1.09 bits per heavy atom. The summed E-state index contributed by atoms with van der Waals surface area (Å²) in [5.41, 5.74) is 1.94. The highest BCUT2D eigenvalue weighted by atomic mass is 16.6. The minimum atomic E-state index is -0.588. The third-order valence-electron chi connectivity index (χ3n) is 6.69. The molecule has 1 saturated carbocycles. The van der Waals surface area contributed by atoms with E-state index in [2.05, 4.69) is 22.4 Å². The molecule has 1 saturated heterocycles. The van der Waals surface area contributed by atoms with Gasteiger partial charge >= 0.3 is 6.09 Å². The van der Waals surface area contributed by atoms with Gasteiger partial charge in [-0.15, -0.1) is 0 Å². The van der Waals surface area contributed by atoms with Crippen LogP contribution in [0.3, 0.4) is 0 Å². The molecule has 1 aliphatic heterocycles. The largest absolute Gasteiger partial charge is 0.441 e. The van der Waals surface area contributed by atoms with Crippen molar-refractivity contribution < 1.29 is 14.3 Å². The Hall–Kier alpha value is -3.35. The number of aromatic nitrogens is 2. The van der Waals surface area contributed by atoms with E-state index in [9.17, 15) is 9.59 Å². The minimum absolute atomic E-state index is 0.0760. The van der Waals surface area contributed by atoms with Crippen molar-refractivity contribution in [1.82, 2.24) is 19.6 Å². The molecule has 1 unspecified atom stereocenters. The van der Waals surface area contributed by atoms with E-state index in [0.717, 1.165) is 36.9 Å². The summed E-state index contributed by atoms with van der Waals surface area (Å²) in [6.45, 7) is 3.96. The van der Waals surface area contributed by atoms with Gasteiger partial charge in [-0.2, -0.15) is 0 Å². The topological polar surface area (TPSA) is 75.9 Å². The third-order valence-corrected chi connectivity index (χ3v) is 6.69. The first kappa shape index (κ1) is 20.5. The lowest BCUT2D eigenvalue weighted by molar-refractivity contribution is 0.0663. The van der Waals surface area contributed by atoms with Crippen LogP contribution in [0.1, 0.15) is 61.5 Å². The number of benzene rings is 1. The van der Waals surface area contributed by atoms with Crippen molar-refractivity contribution in [3.05, 3.63) is 72.2 Å². The Kier molecular flexibility index (Phi) is 5.12. The number of pyridine rings is 1. The van der Waals surface area contributed by atoms with Crippen LogP contribution < -0.4 is 5.32 Å². The van der Waals surface area contributed by atoms with E-state index < -0.39 is 5.60 Å². The highest BCUT2D eigenvalue weighted by Gasteiger charge is 2.51. The first-order chi connectivity index (χ1) is 15.4. The zero-order chi connectivity index (χ0) is 22.3. The summed E-state index contributed by atoms with van der Waals surface area (Å²) in [6, 6.07) is 13.8. The fourth-order valence-electron chi connectivity index (χ4n) is 5.15. The van der Waals surface area contributed by atoms with Crippen LogP contribution in [0.2, 0.25) is 0 Å². The second-order valence-electron chi connectivity index (χ2n) is 9.28. The van der Waals surface area contributed by atoms with E-state index in [0.29, 0.717) is 5.56 Å². The van der Waals surface area contributed by atoms with Gasteiger partial charge in [0, 0.05) is 30.7 Å². The number of ether oxygens (including phenoxy) is 1. The lowest BCUT2D eigenvalue weighted by atomic mass is 9.86. The number of nitrogens with one attached hydrogen (secondary N) is 1. The Morgan fingerprint density at radius 2 is 1.84 bits per heavy atom. The molecular formula is C25H28N4O3. The summed E-state index contributed by atoms with van der Waals surface area (Å²) in [7, 11) is 0. The van der Waals surface area contributed by atoms with Gasteiger partial charge in [-0.25, -0.2) is 9.78 Å². The maximum absolute atomic E-state index is 12.8. The summed E-state index contributed by atoms with van der Waals surface area (Å²) in [6.07, 6.45) is 8.42. The summed E-state index contributed by atoms with van der Waals surface area (Å²) < 4.78 is 7.61. The molecule has 1 aromatic carbocycles. The molecule has 7 nitrogen and oxygen atoms in total. The standard InChI is InChI=1S/C25H28N4O3/c1-25(2)22(17-6-4-3-5-7-17)29(24(31)32-25)20-11-9-19(10-12-20)27-23(30)18-8-13-21-26-14-15-28(21)16-18/h3-8,13-16,19-20,22H,9-12H2,1-2H3,(H,27,30). The predicted octanol–water partition coefficient (Wildman–Crippen LogP) is 4.35. The number of imidazole rings is 1. The molecule has 32 heavy (non-hydrogen) atoms. The maximum atomic E-state index is 12.8. The Bertz CT molecular complexity index is 1130. The van der Waals surface area contributed by atoms with E-state index in [1.807, 2.05) is 53.6 Å². The number of hydrogen-bond donors (Lipinski definition) is 1. The molecule has 1 atom stereocenters. The van der Waals surface area contributed by atoms with Crippen LogP contribution in [0.4, 0.5) is 4.79 Å². The van der Waals surface area contributed by atoms with Gasteiger partial charge in [0.25, 0.3) is 5.91 Å². The van der Waals surface area contributed by atoms with Crippen molar-refractivity contribution in [2.24, 2.45) is 0 Å². The van der Waals surface area contributed by atoms with E-state index in [4.69, 9.17) is 4.74 Å². The monoisotopic (exact) mass is 432 g/mol. The highest BCUT2D eigenvalue weighted by molar-refractivity contribution is 5.94. The number of cyclic esters (lactones) is 1. The zero-order valence-corrected chi connectivity index (χ0v) is 18.4. The van der Waals surface area contributed by atoms with E-state index in [1.54, 1.807) is 18.5 Å². The quantitative estimate of drug-likeness (QED) is 0.665. The average molecular weight is 433 g/mol. The number of nitrogens with zero attached hydrogens (tertiary/aromatic N) is 3. The van der Waals surface area contributed by atoms with Gasteiger partial charge in [0.2, 0.25) is 0 Å². The van der Waals surface area contributed by atoms with Gasteiger partial charge in [0.1, 0.15) is 11.2 Å². The first-order valence-corrected chi connectivity index (χ1v) is 11.2. The summed E-state index contributed by atoms with van der Waals surface area (Å²) >= 11 is 0. The van der Waals surface area contributed by atoms with Crippen LogP contribution in [-0.4, -0.2) is 44.0 Å². The molecule has 3 heterocycles. The Morgan fingerprint density at radius 3 is 2.59 bits per heavy atom. The number of hydrogen-bond acceptors (Lipinski definition) is 4. The first-order valence-electron chi connectivity index (χ1n) is 11.2. The molecule has 3 aromatic rings. The molecular weight excluding hydrogens is 404 g/mol. The second kappa shape index (κ2) is 7.97. The molecule has 2 aromatic heterocycles. The molecule has 0 radical (unpaired) electrons. The van der Waals surface area contributed by atoms with Gasteiger partial charge in [-0.1, -0.05) is 30.3 Å². The smallest absolute Gasteiger partial charge is 0.411 e. The molecule has 7 heteroatoms. The number of carbonyl (C=O) groups excluding carboxylic acids is 2. The van der Waals surface area contributed by atoms with Crippen molar-refractivity contribution in [3.63, 3.8) is 0 Å². The highest BCUT2D eigenvalue weighted by Crippen LogP contribution is 2.44. The molecule has 166 valence electrons. The molecule has 1 N–H and O–H groups in total. The van der Waals surface area contributed by atoms with Crippen LogP contribution in [-0.2, 0) is 4.74 Å². The van der Waals surface area contributed by atoms with Crippen LogP contribution in [0.25, 0.3) is 5.65 Å². The van der Waals surface area contributed by atoms with Gasteiger partial charge in [-0.3, -0.25) is 9.69 Å². The number of carbonyl (C=O) groups is 2. The van der Waals surface area contributed by atoms with E-state index in [-0.39, 0.29) is 30.1 Å². The molecule has 5 rings (SSSR count). The van der Waals surface area contributed by atoms with Crippen molar-refractivity contribution in [2.45, 2.75) is 63.3 Å². The Balaban J connectivity index is 1.25. The van der Waals surface area contributed by atoms with Crippen molar-refractivity contribution in [1.29, 1.82) is 0 Å². The van der Waals surface area contributed by atoms with Gasteiger partial charge < -0.3 is 14.5 Å². The minimum Gasteiger partial charge on any atom is -0.441 e. The lowest BCUT2D eigenvalue weighted by Gasteiger charge is -2.38. The fourth-order valence-corrected chi connectivity index (χ4v) is 5.15. The van der Waals surface area contributed by atoms with E-state index in [1.165, 1.54) is 0 Å². The predicted molar refractivity (Wildman–Crippen MR) is 120 cm³/mol. The van der Waals surface area contributed by atoms with Crippen molar-refractivity contribution in [2.75, 3.05) is 0 Å². The Labute approximate surface area is 187 Å². The molecule has 2 aliphatic rings. The number of amides is 2. The van der Waals surface area contributed by atoms with E-state index >= 15 is 0 Å². The molecule has 2 amide bonds. The van der Waals surface area contributed by atoms with Gasteiger partial charge in [0.05, 0.1) is 11.6 Å². The summed E-state index contributed by atoms with van der Waals surface area (Å²) in [4.78, 5) is 31.7. The SMILES string of the molecule is CC1(C)OC(=O)N(C2CCC(NC(=O)c3ccc4nccn4c3)CC2)C1c1ccccc1. The van der Waals surface area contributed by atoms with Crippen molar-refractivity contribution in [3.8, 4) is 0 Å². The molecule has 1 aliphatic carbocycles. The second-order valence-corrected chi connectivity index (χ2v) is 9.28. The lowest BCUT2D eigenvalue weighted by Crippen LogP contribution is -2.46. The zero-order valence-electron chi connectivity index (χ0n) is 18.4. The van der Waals surface area contributed by atoms with Gasteiger partial charge in [0.15, 0.2) is 0 Å². The van der Waals surface area contributed by atoms with Gasteiger partial charge in [-0.05, 0) is 57.2 Å². The van der Waals surface area contributed by atoms with Crippen LogP contribution >= 0.6 is 0 Å². The average Bonchev–Trinajstić information content (AvgIpc) is 3.35. The number of fused-ring (bicyclic) bond motifs is 1. The van der Waals surface area contributed by atoms with Crippen LogP contribution in [0, 0.1) is 0 Å². The molecule has 2 fully saturated rings. The molecule has 0 spiro atoms. The fraction of sp³-hybridized carbons (Fsp3) is 0.400.